The smallest absolute Gasteiger partial charge is 0.336 e. The highest BCUT2D eigenvalue weighted by molar-refractivity contribution is 7.98. The van der Waals surface area contributed by atoms with Crippen LogP contribution in [0.4, 0.5) is 5.95 Å². The van der Waals surface area contributed by atoms with Crippen LogP contribution >= 0.6 is 11.8 Å². The van der Waals surface area contributed by atoms with E-state index in [1.54, 1.807) is 17.8 Å². The lowest BCUT2D eigenvalue weighted by atomic mass is 10.0. The van der Waals surface area contributed by atoms with Crippen LogP contribution in [0.15, 0.2) is 32.6 Å². The summed E-state index contributed by atoms with van der Waals surface area (Å²) < 4.78 is 13.0. The van der Waals surface area contributed by atoms with Gasteiger partial charge >= 0.3 is 5.63 Å². The zero-order valence-corrected chi connectivity index (χ0v) is 17.2. The van der Waals surface area contributed by atoms with Crippen LogP contribution in [0.1, 0.15) is 23.6 Å². The topological polar surface area (TPSA) is 73.4 Å². The van der Waals surface area contributed by atoms with Crippen molar-refractivity contribution in [2.24, 2.45) is 0 Å². The largest absolute Gasteiger partial charge is 0.423 e. The van der Waals surface area contributed by atoms with E-state index in [4.69, 9.17) is 9.15 Å². The molecule has 0 amide bonds. The van der Waals surface area contributed by atoms with E-state index in [1.165, 1.54) is 5.56 Å². The Morgan fingerprint density at radius 1 is 1.11 bits per heavy atom. The van der Waals surface area contributed by atoms with Gasteiger partial charge in [0.05, 0.1) is 13.2 Å². The Morgan fingerprint density at radius 2 is 1.86 bits per heavy atom. The number of benzene rings is 1. The lowest BCUT2D eigenvalue weighted by Gasteiger charge is -2.27. The van der Waals surface area contributed by atoms with E-state index >= 15 is 0 Å². The fraction of sp³-hybridized carbons (Fsp3) is 0.450. The van der Waals surface area contributed by atoms with Crippen molar-refractivity contribution in [1.29, 1.82) is 0 Å². The highest BCUT2D eigenvalue weighted by Gasteiger charge is 2.20. The second-order valence-corrected chi connectivity index (χ2v) is 7.88. The predicted octanol–water partition coefficient (Wildman–Crippen LogP) is 3.15. The summed E-state index contributed by atoms with van der Waals surface area (Å²) >= 11 is 1.59. The number of morpholine rings is 1. The standard InChI is InChI=1S/C20H24N4O3S/c1-4-24-19(23-5-7-26-8-6-23)21-22-20(24)28-12-15-11-18(25)27-17-10-14(3)13(2)9-16(15)17/h9-11H,4-8,12H2,1-3H3. The van der Waals surface area contributed by atoms with Crippen molar-refractivity contribution in [2.75, 3.05) is 31.2 Å². The summed E-state index contributed by atoms with van der Waals surface area (Å²) in [6.07, 6.45) is 0. The van der Waals surface area contributed by atoms with Crippen molar-refractivity contribution in [2.45, 2.75) is 38.2 Å². The SMILES string of the molecule is CCn1c(SCc2cc(=O)oc3cc(C)c(C)cc23)nnc1N1CCOCC1. The second kappa shape index (κ2) is 7.97. The summed E-state index contributed by atoms with van der Waals surface area (Å²) in [5.41, 5.74) is 3.56. The third-order valence-corrected chi connectivity index (χ3v) is 6.12. The maximum Gasteiger partial charge on any atom is 0.336 e. The minimum Gasteiger partial charge on any atom is -0.423 e. The van der Waals surface area contributed by atoms with Crippen molar-refractivity contribution in [3.63, 3.8) is 0 Å². The Hall–Kier alpha value is -2.32. The molecule has 0 atom stereocenters. The molecule has 8 heteroatoms. The lowest BCUT2D eigenvalue weighted by Crippen LogP contribution is -2.38. The highest BCUT2D eigenvalue weighted by Crippen LogP contribution is 2.29. The number of fused-ring (bicyclic) bond motifs is 1. The summed E-state index contributed by atoms with van der Waals surface area (Å²) in [6.45, 7) is 10.0. The molecule has 1 aliphatic rings. The maximum atomic E-state index is 12.0. The summed E-state index contributed by atoms with van der Waals surface area (Å²) in [4.78, 5) is 14.2. The summed E-state index contributed by atoms with van der Waals surface area (Å²) in [5, 5.41) is 10.6. The average Bonchev–Trinajstić information content (AvgIpc) is 3.11. The molecule has 28 heavy (non-hydrogen) atoms. The Kier molecular flexibility index (Phi) is 5.41. The number of rotatable bonds is 5. The van der Waals surface area contributed by atoms with Crippen LogP contribution in [0.25, 0.3) is 11.0 Å². The highest BCUT2D eigenvalue weighted by atomic mass is 32.2. The van der Waals surface area contributed by atoms with Gasteiger partial charge in [-0.1, -0.05) is 11.8 Å². The molecule has 0 radical (unpaired) electrons. The third kappa shape index (κ3) is 3.66. The van der Waals surface area contributed by atoms with E-state index in [0.29, 0.717) is 24.5 Å². The molecular weight excluding hydrogens is 376 g/mol. The van der Waals surface area contributed by atoms with E-state index in [-0.39, 0.29) is 5.63 Å². The summed E-state index contributed by atoms with van der Waals surface area (Å²) in [6, 6.07) is 5.61. The second-order valence-electron chi connectivity index (χ2n) is 6.94. The van der Waals surface area contributed by atoms with Gasteiger partial charge in [0.1, 0.15) is 5.58 Å². The van der Waals surface area contributed by atoms with Gasteiger partial charge in [-0.15, -0.1) is 10.2 Å². The fourth-order valence-electron chi connectivity index (χ4n) is 3.41. The molecule has 0 unspecified atom stereocenters. The van der Waals surface area contributed by atoms with Gasteiger partial charge in [-0.3, -0.25) is 4.57 Å². The molecular formula is C20H24N4O3S. The van der Waals surface area contributed by atoms with Crippen LogP contribution in [0, 0.1) is 13.8 Å². The van der Waals surface area contributed by atoms with Gasteiger partial charge < -0.3 is 14.1 Å². The molecule has 0 bridgehead atoms. The number of nitrogens with zero attached hydrogens (tertiary/aromatic N) is 4. The van der Waals surface area contributed by atoms with Crippen molar-refractivity contribution < 1.29 is 9.15 Å². The molecule has 7 nitrogen and oxygen atoms in total. The minimum absolute atomic E-state index is 0.322. The number of aryl methyl sites for hydroxylation is 2. The van der Waals surface area contributed by atoms with Crippen molar-refractivity contribution in [3.05, 3.63) is 45.3 Å². The molecule has 1 aromatic carbocycles. The van der Waals surface area contributed by atoms with Gasteiger partial charge in [-0.25, -0.2) is 4.79 Å². The van der Waals surface area contributed by atoms with Crippen LogP contribution in [0.3, 0.4) is 0 Å². The van der Waals surface area contributed by atoms with E-state index in [2.05, 4.69) is 39.6 Å². The van der Waals surface area contributed by atoms with Gasteiger partial charge in [0.2, 0.25) is 5.95 Å². The fourth-order valence-corrected chi connectivity index (χ4v) is 4.40. The molecule has 3 aromatic rings. The number of hydrogen-bond donors (Lipinski definition) is 0. The first-order valence-electron chi connectivity index (χ1n) is 9.49. The molecule has 4 rings (SSSR count). The molecule has 1 aliphatic heterocycles. The summed E-state index contributed by atoms with van der Waals surface area (Å²) in [5.74, 6) is 1.52. The zero-order chi connectivity index (χ0) is 19.7. The van der Waals surface area contributed by atoms with Gasteiger partial charge in [0.25, 0.3) is 0 Å². The van der Waals surface area contributed by atoms with Crippen LogP contribution in [-0.4, -0.2) is 41.1 Å². The zero-order valence-electron chi connectivity index (χ0n) is 16.4. The summed E-state index contributed by atoms with van der Waals surface area (Å²) in [7, 11) is 0. The molecule has 0 spiro atoms. The number of ether oxygens (including phenoxy) is 1. The van der Waals surface area contributed by atoms with E-state index < -0.39 is 0 Å². The van der Waals surface area contributed by atoms with Crippen LogP contribution < -0.4 is 10.5 Å². The van der Waals surface area contributed by atoms with Crippen LogP contribution in [-0.2, 0) is 17.0 Å². The first-order valence-corrected chi connectivity index (χ1v) is 10.5. The van der Waals surface area contributed by atoms with Gasteiger partial charge in [0, 0.05) is 36.8 Å². The molecule has 2 aromatic heterocycles. The van der Waals surface area contributed by atoms with Crippen LogP contribution in [0.2, 0.25) is 0 Å². The van der Waals surface area contributed by atoms with Crippen molar-refractivity contribution >= 4 is 28.7 Å². The van der Waals surface area contributed by atoms with Crippen LogP contribution in [0.5, 0.6) is 0 Å². The van der Waals surface area contributed by atoms with E-state index in [0.717, 1.165) is 47.3 Å². The number of anilines is 1. The number of thioether (sulfide) groups is 1. The molecule has 3 heterocycles. The Labute approximate surface area is 167 Å². The third-order valence-electron chi connectivity index (χ3n) is 5.11. The quantitative estimate of drug-likeness (QED) is 0.481. The van der Waals surface area contributed by atoms with Gasteiger partial charge in [-0.2, -0.15) is 0 Å². The molecule has 148 valence electrons. The predicted molar refractivity (Wildman–Crippen MR) is 110 cm³/mol. The first kappa shape index (κ1) is 19.0. The lowest BCUT2D eigenvalue weighted by molar-refractivity contribution is 0.121. The maximum absolute atomic E-state index is 12.0. The monoisotopic (exact) mass is 400 g/mol. The van der Waals surface area contributed by atoms with Crippen molar-refractivity contribution in [1.82, 2.24) is 14.8 Å². The number of aromatic nitrogens is 3. The molecule has 1 saturated heterocycles. The van der Waals surface area contributed by atoms with E-state index in [9.17, 15) is 4.79 Å². The van der Waals surface area contributed by atoms with E-state index in [1.807, 2.05) is 13.0 Å². The average molecular weight is 401 g/mol. The normalized spacial score (nSPS) is 14.8. The first-order chi connectivity index (χ1) is 13.6. The Morgan fingerprint density at radius 3 is 2.61 bits per heavy atom. The van der Waals surface area contributed by atoms with Gasteiger partial charge in [0.15, 0.2) is 5.16 Å². The molecule has 0 N–H and O–H groups in total. The number of hydrogen-bond acceptors (Lipinski definition) is 7. The Bertz CT molecular complexity index is 1050. The minimum atomic E-state index is -0.322. The molecule has 0 saturated carbocycles. The van der Waals surface area contributed by atoms with Gasteiger partial charge in [-0.05, 0) is 49.6 Å². The molecule has 0 aliphatic carbocycles. The van der Waals surface area contributed by atoms with Crippen molar-refractivity contribution in [3.8, 4) is 0 Å². The Balaban J connectivity index is 1.62. The molecule has 1 fully saturated rings.